The number of carbonyl (C=O) groups excluding carboxylic acids is 2. The van der Waals surface area contributed by atoms with Crippen LogP contribution in [-0.4, -0.2) is 33.5 Å². The summed E-state index contributed by atoms with van der Waals surface area (Å²) >= 11 is 0. The topological polar surface area (TPSA) is 99.8 Å². The first kappa shape index (κ1) is 21.1. The Hall–Kier alpha value is -3.62. The molecule has 0 saturated heterocycles. The molecule has 0 fully saturated rings. The highest BCUT2D eigenvalue weighted by molar-refractivity contribution is 5.90. The van der Waals surface area contributed by atoms with Gasteiger partial charge in [0, 0.05) is 18.2 Å². The summed E-state index contributed by atoms with van der Waals surface area (Å²) in [5.41, 5.74) is 1.88. The van der Waals surface area contributed by atoms with E-state index in [1.165, 1.54) is 24.3 Å². The van der Waals surface area contributed by atoms with Gasteiger partial charge in [-0.2, -0.15) is 0 Å². The molecule has 7 nitrogen and oxygen atoms in total. The number of nitrogens with one attached hydrogen (secondary N) is 3. The number of rotatable bonds is 9. The molecule has 0 aliphatic rings. The Morgan fingerprint density at radius 2 is 1.97 bits per heavy atom. The van der Waals surface area contributed by atoms with Crippen molar-refractivity contribution in [1.82, 2.24) is 20.5 Å². The highest BCUT2D eigenvalue weighted by Gasteiger charge is 2.15. The van der Waals surface area contributed by atoms with Gasteiger partial charge in [-0.15, -0.1) is 10.2 Å². The van der Waals surface area contributed by atoms with Gasteiger partial charge < -0.3 is 15.6 Å². The number of nitrogens with zero attached hydrogens (tertiary/aromatic N) is 2. The molecular formula is C21H21F2N5O2. The molecule has 30 heavy (non-hydrogen) atoms. The standard InChI is InChI=1S/C21H21F2N5O2/c1-13(5-6-15-7-8-17(23)11-18(15)24-12-29)25-21(30)20-26-19(27-28-20)10-14-3-2-4-16(22)9-14/h2-4,7-9,11-13H,5-6,10H2,1H3,(H,24,29)(H,25,30)(H,26,27,28)/t13-/m1/s1. The molecule has 0 radical (unpaired) electrons. The number of hydrogen-bond acceptors (Lipinski definition) is 4. The van der Waals surface area contributed by atoms with Crippen molar-refractivity contribution in [3.63, 3.8) is 0 Å². The van der Waals surface area contributed by atoms with Gasteiger partial charge >= 0.3 is 0 Å². The normalized spacial score (nSPS) is 11.7. The van der Waals surface area contributed by atoms with E-state index in [1.54, 1.807) is 18.2 Å². The first-order valence-electron chi connectivity index (χ1n) is 9.40. The minimum Gasteiger partial charge on any atom is -0.347 e. The van der Waals surface area contributed by atoms with E-state index >= 15 is 0 Å². The summed E-state index contributed by atoms with van der Waals surface area (Å²) in [5.74, 6) is -0.672. The van der Waals surface area contributed by atoms with Crippen LogP contribution in [0.4, 0.5) is 14.5 Å². The highest BCUT2D eigenvalue weighted by atomic mass is 19.1. The number of hydrogen-bond donors (Lipinski definition) is 3. The van der Waals surface area contributed by atoms with Crippen molar-refractivity contribution < 1.29 is 18.4 Å². The van der Waals surface area contributed by atoms with E-state index < -0.39 is 11.7 Å². The lowest BCUT2D eigenvalue weighted by Crippen LogP contribution is -2.33. The zero-order chi connectivity index (χ0) is 21.5. The fourth-order valence-electron chi connectivity index (χ4n) is 3.02. The van der Waals surface area contributed by atoms with E-state index in [0.717, 1.165) is 5.56 Å². The number of anilines is 1. The molecule has 1 atom stereocenters. The van der Waals surface area contributed by atoms with Crippen LogP contribution >= 0.6 is 0 Å². The number of aromatic amines is 1. The molecule has 0 spiro atoms. The van der Waals surface area contributed by atoms with Crippen LogP contribution in [0.15, 0.2) is 42.5 Å². The molecule has 0 aliphatic carbocycles. The second kappa shape index (κ2) is 9.73. The van der Waals surface area contributed by atoms with E-state index in [0.29, 0.717) is 42.7 Å². The number of aryl methyl sites for hydroxylation is 1. The van der Waals surface area contributed by atoms with Crippen molar-refractivity contribution in [2.24, 2.45) is 0 Å². The highest BCUT2D eigenvalue weighted by Crippen LogP contribution is 2.19. The molecule has 0 saturated carbocycles. The minimum absolute atomic E-state index is 0.0679. The van der Waals surface area contributed by atoms with Crippen LogP contribution in [0, 0.1) is 11.6 Å². The quantitative estimate of drug-likeness (QED) is 0.470. The average molecular weight is 413 g/mol. The van der Waals surface area contributed by atoms with Crippen LogP contribution in [-0.2, 0) is 17.6 Å². The van der Waals surface area contributed by atoms with Gasteiger partial charge in [-0.3, -0.25) is 9.59 Å². The lowest BCUT2D eigenvalue weighted by Gasteiger charge is -2.14. The van der Waals surface area contributed by atoms with E-state index in [9.17, 15) is 18.4 Å². The summed E-state index contributed by atoms with van der Waals surface area (Å²) in [5, 5.41) is 13.1. The summed E-state index contributed by atoms with van der Waals surface area (Å²) in [6.45, 7) is 1.83. The molecular weight excluding hydrogens is 392 g/mol. The molecule has 156 valence electrons. The lowest BCUT2D eigenvalue weighted by molar-refractivity contribution is -0.105. The fraction of sp³-hybridized carbons (Fsp3) is 0.238. The zero-order valence-electron chi connectivity index (χ0n) is 16.3. The van der Waals surface area contributed by atoms with Gasteiger partial charge in [0.05, 0.1) is 0 Å². The van der Waals surface area contributed by atoms with E-state index in [-0.39, 0.29) is 17.7 Å². The largest absolute Gasteiger partial charge is 0.347 e. The third-order valence-electron chi connectivity index (χ3n) is 4.52. The van der Waals surface area contributed by atoms with Crippen LogP contribution in [0.5, 0.6) is 0 Å². The molecule has 3 rings (SSSR count). The molecule has 1 aromatic heterocycles. The molecule has 1 heterocycles. The Bertz CT molecular complexity index is 1040. The smallest absolute Gasteiger partial charge is 0.289 e. The Labute approximate surface area is 171 Å². The van der Waals surface area contributed by atoms with Crippen molar-refractivity contribution in [2.75, 3.05) is 5.32 Å². The SMILES string of the molecule is C[C@H](CCc1ccc(F)cc1NC=O)NC(=O)c1nnc(Cc2cccc(F)c2)[nH]1. The summed E-state index contributed by atoms with van der Waals surface area (Å²) in [6.07, 6.45) is 1.91. The fourth-order valence-corrected chi connectivity index (χ4v) is 3.02. The molecule has 0 bridgehead atoms. The summed E-state index contributed by atoms with van der Waals surface area (Å²) in [4.78, 5) is 25.9. The van der Waals surface area contributed by atoms with Crippen molar-refractivity contribution >= 4 is 18.0 Å². The van der Waals surface area contributed by atoms with E-state index in [4.69, 9.17) is 0 Å². The first-order chi connectivity index (χ1) is 14.4. The van der Waals surface area contributed by atoms with Crippen molar-refractivity contribution in [1.29, 1.82) is 0 Å². The number of H-pyrrole nitrogens is 1. The molecule has 0 aliphatic heterocycles. The average Bonchev–Trinajstić information content (AvgIpc) is 3.16. The maximum absolute atomic E-state index is 13.3. The van der Waals surface area contributed by atoms with Gasteiger partial charge in [-0.25, -0.2) is 8.78 Å². The Morgan fingerprint density at radius 1 is 1.17 bits per heavy atom. The summed E-state index contributed by atoms with van der Waals surface area (Å²) < 4.78 is 26.6. The van der Waals surface area contributed by atoms with Crippen LogP contribution in [0.3, 0.4) is 0 Å². The first-order valence-corrected chi connectivity index (χ1v) is 9.40. The Morgan fingerprint density at radius 3 is 2.73 bits per heavy atom. The maximum Gasteiger partial charge on any atom is 0.289 e. The second-order valence-corrected chi connectivity index (χ2v) is 6.90. The van der Waals surface area contributed by atoms with Crippen LogP contribution in [0.2, 0.25) is 0 Å². The van der Waals surface area contributed by atoms with Gasteiger partial charge in [0.25, 0.3) is 5.91 Å². The lowest BCUT2D eigenvalue weighted by atomic mass is 10.0. The molecule has 0 unspecified atom stereocenters. The predicted octanol–water partition coefficient (Wildman–Crippen LogP) is 2.99. The van der Waals surface area contributed by atoms with Gasteiger partial charge in [-0.1, -0.05) is 18.2 Å². The van der Waals surface area contributed by atoms with Crippen molar-refractivity contribution in [3.05, 3.63) is 76.9 Å². The molecule has 3 aromatic rings. The van der Waals surface area contributed by atoms with E-state index in [2.05, 4.69) is 25.8 Å². The van der Waals surface area contributed by atoms with Gasteiger partial charge in [-0.05, 0) is 55.2 Å². The number of benzene rings is 2. The molecule has 3 N–H and O–H groups in total. The molecule has 2 aromatic carbocycles. The predicted molar refractivity (Wildman–Crippen MR) is 107 cm³/mol. The molecule has 9 heteroatoms. The molecule has 2 amide bonds. The maximum atomic E-state index is 13.3. The summed E-state index contributed by atoms with van der Waals surface area (Å²) in [7, 11) is 0. The number of aromatic nitrogens is 3. The summed E-state index contributed by atoms with van der Waals surface area (Å²) in [6, 6.07) is 10.1. The second-order valence-electron chi connectivity index (χ2n) is 6.90. The Kier molecular flexibility index (Phi) is 6.84. The minimum atomic E-state index is -0.441. The van der Waals surface area contributed by atoms with Crippen LogP contribution in [0.25, 0.3) is 0 Å². The Balaban J connectivity index is 1.55. The van der Waals surface area contributed by atoms with Gasteiger partial charge in [0.2, 0.25) is 12.2 Å². The van der Waals surface area contributed by atoms with Crippen LogP contribution in [0.1, 0.15) is 40.9 Å². The zero-order valence-corrected chi connectivity index (χ0v) is 16.3. The van der Waals surface area contributed by atoms with Gasteiger partial charge in [0.15, 0.2) is 0 Å². The third kappa shape index (κ3) is 5.69. The van der Waals surface area contributed by atoms with E-state index in [1.807, 2.05) is 6.92 Å². The number of amides is 2. The van der Waals surface area contributed by atoms with Crippen molar-refractivity contribution in [3.8, 4) is 0 Å². The number of carbonyl (C=O) groups is 2. The van der Waals surface area contributed by atoms with Gasteiger partial charge in [0.1, 0.15) is 17.5 Å². The van der Waals surface area contributed by atoms with Crippen molar-refractivity contribution in [2.45, 2.75) is 32.2 Å². The third-order valence-corrected chi connectivity index (χ3v) is 4.52. The van der Waals surface area contributed by atoms with Crippen LogP contribution < -0.4 is 10.6 Å². The monoisotopic (exact) mass is 413 g/mol. The number of halogens is 2.